The molecule has 1 aliphatic rings. The van der Waals surface area contributed by atoms with Crippen LogP contribution >= 0.6 is 0 Å². The van der Waals surface area contributed by atoms with Gasteiger partial charge in [-0.1, -0.05) is 19.3 Å². The van der Waals surface area contributed by atoms with Crippen molar-refractivity contribution in [3.63, 3.8) is 0 Å². The number of benzene rings is 1. The van der Waals surface area contributed by atoms with E-state index in [-0.39, 0.29) is 0 Å². The number of aromatic nitrogens is 1. The molecule has 3 heteroatoms. The Bertz CT molecular complexity index is 541. The van der Waals surface area contributed by atoms with E-state index in [1.54, 1.807) is 6.07 Å². The summed E-state index contributed by atoms with van der Waals surface area (Å²) in [5.74, 6) is 0.341. The molecule has 0 spiro atoms. The fraction of sp³-hybridized carbons (Fsp3) is 0.500. The summed E-state index contributed by atoms with van der Waals surface area (Å²) in [6.07, 6.45) is 9.88. The van der Waals surface area contributed by atoms with Crippen molar-refractivity contribution in [2.45, 2.75) is 44.6 Å². The van der Waals surface area contributed by atoms with E-state index in [0.29, 0.717) is 11.8 Å². The lowest BCUT2D eigenvalue weighted by molar-refractivity contribution is 0.376. The third-order valence-corrected chi connectivity index (χ3v) is 4.18. The van der Waals surface area contributed by atoms with Crippen molar-refractivity contribution in [3.05, 3.63) is 30.0 Å². The van der Waals surface area contributed by atoms with Crippen molar-refractivity contribution >= 4 is 10.9 Å². The Kier molecular flexibility index (Phi) is 3.74. The zero-order chi connectivity index (χ0) is 13.1. The Morgan fingerprint density at radius 3 is 2.89 bits per heavy atom. The second kappa shape index (κ2) is 5.66. The van der Waals surface area contributed by atoms with Crippen LogP contribution in [0.15, 0.2) is 24.4 Å². The molecule has 102 valence electrons. The van der Waals surface area contributed by atoms with E-state index >= 15 is 0 Å². The molecule has 0 saturated heterocycles. The minimum atomic E-state index is 0.341. The zero-order valence-corrected chi connectivity index (χ0v) is 11.3. The number of phenols is 1. The summed E-state index contributed by atoms with van der Waals surface area (Å²) in [4.78, 5) is 3.26. The number of aromatic hydroxyl groups is 1. The molecule has 2 aromatic rings. The zero-order valence-electron chi connectivity index (χ0n) is 11.3. The van der Waals surface area contributed by atoms with Crippen molar-refractivity contribution in [3.8, 4) is 5.75 Å². The molecule has 0 amide bonds. The SMILES string of the molecule is Oc1ccc2[nH]cc(CCNC3CCCCC3)c2c1. The maximum Gasteiger partial charge on any atom is 0.116 e. The highest BCUT2D eigenvalue weighted by atomic mass is 16.3. The lowest BCUT2D eigenvalue weighted by Gasteiger charge is -2.22. The van der Waals surface area contributed by atoms with Gasteiger partial charge in [0.15, 0.2) is 0 Å². The molecule has 0 radical (unpaired) electrons. The molecule has 1 aromatic carbocycles. The summed E-state index contributed by atoms with van der Waals surface area (Å²) in [6.45, 7) is 1.02. The lowest BCUT2D eigenvalue weighted by atomic mass is 9.95. The molecule has 3 nitrogen and oxygen atoms in total. The third-order valence-electron chi connectivity index (χ3n) is 4.18. The highest BCUT2D eigenvalue weighted by Gasteiger charge is 2.12. The van der Waals surface area contributed by atoms with Crippen LogP contribution < -0.4 is 5.32 Å². The molecule has 0 aliphatic heterocycles. The molecular formula is C16H22N2O. The fourth-order valence-corrected chi connectivity index (χ4v) is 3.09. The van der Waals surface area contributed by atoms with Crippen LogP contribution in [0.4, 0.5) is 0 Å². The Morgan fingerprint density at radius 2 is 2.05 bits per heavy atom. The minimum absolute atomic E-state index is 0.341. The van der Waals surface area contributed by atoms with Gasteiger partial charge in [-0.3, -0.25) is 0 Å². The monoisotopic (exact) mass is 258 g/mol. The second-order valence-electron chi connectivity index (χ2n) is 5.58. The summed E-state index contributed by atoms with van der Waals surface area (Å²) >= 11 is 0. The molecule has 1 fully saturated rings. The van der Waals surface area contributed by atoms with Gasteiger partial charge >= 0.3 is 0 Å². The van der Waals surface area contributed by atoms with Crippen LogP contribution in [0.1, 0.15) is 37.7 Å². The van der Waals surface area contributed by atoms with E-state index < -0.39 is 0 Å². The molecule has 1 aromatic heterocycles. The highest BCUT2D eigenvalue weighted by molar-refractivity contribution is 5.84. The fourth-order valence-electron chi connectivity index (χ4n) is 3.09. The normalized spacial score (nSPS) is 17.1. The minimum Gasteiger partial charge on any atom is -0.508 e. The van der Waals surface area contributed by atoms with E-state index in [2.05, 4.69) is 16.5 Å². The maximum absolute atomic E-state index is 9.57. The van der Waals surface area contributed by atoms with Crippen LogP contribution in [0.2, 0.25) is 0 Å². The van der Waals surface area contributed by atoms with Crippen LogP contribution in [0.5, 0.6) is 5.75 Å². The Morgan fingerprint density at radius 1 is 1.21 bits per heavy atom. The third kappa shape index (κ3) is 2.92. The number of aromatic amines is 1. The van der Waals surface area contributed by atoms with Gasteiger partial charge in [-0.15, -0.1) is 0 Å². The van der Waals surface area contributed by atoms with E-state index in [1.807, 2.05) is 12.1 Å². The summed E-state index contributed by atoms with van der Waals surface area (Å²) in [7, 11) is 0. The van der Waals surface area contributed by atoms with Crippen molar-refractivity contribution in [2.75, 3.05) is 6.54 Å². The number of H-pyrrole nitrogens is 1. The Hall–Kier alpha value is -1.48. The Balaban J connectivity index is 1.60. The summed E-state index contributed by atoms with van der Waals surface area (Å²) in [5, 5.41) is 14.4. The first kappa shape index (κ1) is 12.5. The van der Waals surface area contributed by atoms with Crippen molar-refractivity contribution in [2.24, 2.45) is 0 Å². The smallest absolute Gasteiger partial charge is 0.116 e. The topological polar surface area (TPSA) is 48.0 Å². The van der Waals surface area contributed by atoms with Crippen molar-refractivity contribution in [1.82, 2.24) is 10.3 Å². The van der Waals surface area contributed by atoms with Gasteiger partial charge < -0.3 is 15.4 Å². The number of hydrogen-bond acceptors (Lipinski definition) is 2. The number of rotatable bonds is 4. The van der Waals surface area contributed by atoms with Crippen LogP contribution in [-0.2, 0) is 6.42 Å². The molecule has 3 N–H and O–H groups in total. The largest absolute Gasteiger partial charge is 0.508 e. The van der Waals surface area contributed by atoms with Gasteiger partial charge in [-0.05, 0) is 49.6 Å². The second-order valence-corrected chi connectivity index (χ2v) is 5.58. The molecule has 1 saturated carbocycles. The standard InChI is InChI=1S/C16H22N2O/c19-14-6-7-16-15(10-14)12(11-18-16)8-9-17-13-4-2-1-3-5-13/h6-7,10-11,13,17-19H,1-5,8-9H2. The van der Waals surface area contributed by atoms with Crippen LogP contribution in [0, 0.1) is 0 Å². The summed E-state index contributed by atoms with van der Waals surface area (Å²) in [5.41, 5.74) is 2.39. The number of fused-ring (bicyclic) bond motifs is 1. The van der Waals surface area contributed by atoms with Crippen molar-refractivity contribution in [1.29, 1.82) is 0 Å². The number of nitrogens with one attached hydrogen (secondary N) is 2. The van der Waals surface area contributed by atoms with Gasteiger partial charge in [0, 0.05) is 23.1 Å². The average molecular weight is 258 g/mol. The lowest BCUT2D eigenvalue weighted by Crippen LogP contribution is -2.32. The van der Waals surface area contributed by atoms with E-state index in [4.69, 9.17) is 0 Å². The van der Waals surface area contributed by atoms with Crippen LogP contribution in [0.3, 0.4) is 0 Å². The maximum atomic E-state index is 9.57. The van der Waals surface area contributed by atoms with Gasteiger partial charge in [0.05, 0.1) is 0 Å². The van der Waals surface area contributed by atoms with Crippen molar-refractivity contribution < 1.29 is 5.11 Å². The van der Waals surface area contributed by atoms with Crippen LogP contribution in [-0.4, -0.2) is 22.7 Å². The number of phenolic OH excluding ortho intramolecular Hbond substituents is 1. The molecule has 1 aliphatic carbocycles. The number of hydrogen-bond donors (Lipinski definition) is 3. The van der Waals surface area contributed by atoms with E-state index in [0.717, 1.165) is 23.9 Å². The molecule has 1 heterocycles. The summed E-state index contributed by atoms with van der Waals surface area (Å²) in [6, 6.07) is 6.22. The van der Waals surface area contributed by atoms with E-state index in [9.17, 15) is 5.11 Å². The molecule has 19 heavy (non-hydrogen) atoms. The molecule has 0 unspecified atom stereocenters. The predicted molar refractivity (Wildman–Crippen MR) is 78.5 cm³/mol. The molecule has 3 rings (SSSR count). The van der Waals surface area contributed by atoms with E-state index in [1.165, 1.54) is 37.7 Å². The first-order valence-corrected chi connectivity index (χ1v) is 7.35. The summed E-state index contributed by atoms with van der Waals surface area (Å²) < 4.78 is 0. The predicted octanol–water partition coefficient (Wildman–Crippen LogP) is 3.34. The quantitative estimate of drug-likeness (QED) is 0.787. The highest BCUT2D eigenvalue weighted by Crippen LogP contribution is 2.23. The van der Waals surface area contributed by atoms with Gasteiger partial charge in [0.1, 0.15) is 5.75 Å². The first-order chi connectivity index (χ1) is 9.33. The van der Waals surface area contributed by atoms with Gasteiger partial charge in [-0.25, -0.2) is 0 Å². The first-order valence-electron chi connectivity index (χ1n) is 7.35. The Labute approximate surface area is 114 Å². The van der Waals surface area contributed by atoms with Gasteiger partial charge in [0.2, 0.25) is 0 Å². The van der Waals surface area contributed by atoms with Gasteiger partial charge in [0.25, 0.3) is 0 Å². The van der Waals surface area contributed by atoms with Gasteiger partial charge in [-0.2, -0.15) is 0 Å². The molecular weight excluding hydrogens is 236 g/mol. The molecule has 0 bridgehead atoms. The van der Waals surface area contributed by atoms with Crippen LogP contribution in [0.25, 0.3) is 10.9 Å². The average Bonchev–Trinajstić information content (AvgIpc) is 2.83. The molecule has 0 atom stereocenters.